The Morgan fingerprint density at radius 1 is 1.55 bits per heavy atom. The molecule has 0 saturated carbocycles. The fourth-order valence-electron chi connectivity index (χ4n) is 1.65. The number of hydrogen-bond donors (Lipinski definition) is 1. The summed E-state index contributed by atoms with van der Waals surface area (Å²) in [6.07, 6.45) is 3.38. The summed E-state index contributed by atoms with van der Waals surface area (Å²) < 4.78 is 15.0. The van der Waals surface area contributed by atoms with Crippen molar-refractivity contribution in [1.82, 2.24) is 9.55 Å². The van der Waals surface area contributed by atoms with Gasteiger partial charge in [0.25, 0.3) is 0 Å². The molecule has 1 amide bonds. The third-order valence-corrected chi connectivity index (χ3v) is 4.01. The summed E-state index contributed by atoms with van der Waals surface area (Å²) in [5.41, 5.74) is -0.507. The molecule has 0 radical (unpaired) electrons. The normalized spacial score (nSPS) is 12.0. The zero-order chi connectivity index (χ0) is 16.3. The molecule has 2 aromatic rings. The van der Waals surface area contributed by atoms with Crippen molar-refractivity contribution < 1.29 is 14.1 Å². The van der Waals surface area contributed by atoms with Gasteiger partial charge in [0.15, 0.2) is 5.16 Å². The van der Waals surface area contributed by atoms with Gasteiger partial charge in [-0.25, -0.2) is 4.98 Å². The highest BCUT2D eigenvalue weighted by Gasteiger charge is 2.19. The highest BCUT2D eigenvalue weighted by atomic mass is 32.2. The quantitative estimate of drug-likeness (QED) is 0.518. The van der Waals surface area contributed by atoms with Gasteiger partial charge >= 0.3 is 5.69 Å². The number of nitro benzene ring substituents is 1. The smallest absolute Gasteiger partial charge is 0.306 e. The number of carbonyl (C=O) groups excluding carboxylic acids is 1. The second-order valence-corrected chi connectivity index (χ2v) is 5.80. The third-order valence-electron chi connectivity index (χ3n) is 2.84. The van der Waals surface area contributed by atoms with E-state index in [0.717, 1.165) is 12.1 Å². The van der Waals surface area contributed by atoms with Crippen LogP contribution in [-0.4, -0.2) is 25.6 Å². The number of nitrogens with one attached hydrogen (secondary N) is 1. The van der Waals surface area contributed by atoms with E-state index < -0.39 is 21.7 Å². The number of aromatic nitrogens is 2. The Bertz CT molecular complexity index is 719. The van der Waals surface area contributed by atoms with E-state index in [4.69, 9.17) is 0 Å². The maximum Gasteiger partial charge on any atom is 0.306 e. The van der Waals surface area contributed by atoms with Gasteiger partial charge in [0.1, 0.15) is 0 Å². The van der Waals surface area contributed by atoms with Crippen LogP contribution >= 0.6 is 11.8 Å². The van der Waals surface area contributed by atoms with Crippen molar-refractivity contribution in [2.24, 2.45) is 7.05 Å². The molecule has 22 heavy (non-hydrogen) atoms. The van der Waals surface area contributed by atoms with E-state index in [1.165, 1.54) is 17.8 Å². The first-order valence-electron chi connectivity index (χ1n) is 6.27. The van der Waals surface area contributed by atoms with Gasteiger partial charge < -0.3 is 9.88 Å². The molecular formula is C13H13FN4O3S. The molecule has 1 heterocycles. The SMILES string of the molecule is CC(Sc1nccn1C)C(=O)Nc1ccc(F)c([N+](=O)[O-])c1. The van der Waals surface area contributed by atoms with Crippen LogP contribution in [0.25, 0.3) is 0 Å². The first-order chi connectivity index (χ1) is 10.4. The van der Waals surface area contributed by atoms with Crippen molar-refractivity contribution in [3.8, 4) is 0 Å². The number of rotatable bonds is 5. The number of nitrogens with zero attached hydrogens (tertiary/aromatic N) is 3. The number of carbonyl (C=O) groups is 1. The van der Waals surface area contributed by atoms with E-state index >= 15 is 0 Å². The average Bonchev–Trinajstić information content (AvgIpc) is 2.86. The monoisotopic (exact) mass is 324 g/mol. The molecule has 1 atom stereocenters. The number of halogens is 1. The van der Waals surface area contributed by atoms with Gasteiger partial charge in [-0.2, -0.15) is 4.39 Å². The van der Waals surface area contributed by atoms with E-state index in [1.54, 1.807) is 23.9 Å². The first kappa shape index (κ1) is 16.0. The van der Waals surface area contributed by atoms with Crippen molar-refractivity contribution in [2.75, 3.05) is 5.32 Å². The minimum Gasteiger partial charge on any atom is -0.329 e. The molecule has 1 unspecified atom stereocenters. The van der Waals surface area contributed by atoms with Crippen LogP contribution in [0.15, 0.2) is 35.7 Å². The van der Waals surface area contributed by atoms with Gasteiger partial charge in [0.05, 0.1) is 10.2 Å². The number of aryl methyl sites for hydroxylation is 1. The zero-order valence-electron chi connectivity index (χ0n) is 11.8. The van der Waals surface area contributed by atoms with Gasteiger partial charge in [0.2, 0.25) is 11.7 Å². The summed E-state index contributed by atoms with van der Waals surface area (Å²) in [7, 11) is 1.81. The molecule has 0 aliphatic carbocycles. The Labute approximate surface area is 129 Å². The molecule has 116 valence electrons. The van der Waals surface area contributed by atoms with E-state index in [0.29, 0.717) is 5.16 Å². The number of imidazole rings is 1. The molecule has 7 nitrogen and oxygen atoms in total. The lowest BCUT2D eigenvalue weighted by atomic mass is 10.2. The Morgan fingerprint density at radius 2 is 2.27 bits per heavy atom. The molecule has 0 saturated heterocycles. The predicted octanol–water partition coefficient (Wildman–Crippen LogP) is 2.59. The van der Waals surface area contributed by atoms with Crippen molar-refractivity contribution >= 4 is 29.0 Å². The Hall–Kier alpha value is -2.42. The summed E-state index contributed by atoms with van der Waals surface area (Å²) in [6, 6.07) is 3.22. The third kappa shape index (κ3) is 3.61. The Morgan fingerprint density at radius 3 is 2.86 bits per heavy atom. The van der Waals surface area contributed by atoms with Crippen LogP contribution in [0.2, 0.25) is 0 Å². The minimum atomic E-state index is -0.946. The topological polar surface area (TPSA) is 90.1 Å². The summed E-state index contributed by atoms with van der Waals surface area (Å²) in [5.74, 6) is -1.30. The van der Waals surface area contributed by atoms with Crippen LogP contribution in [0.5, 0.6) is 0 Å². The standard InChI is InChI=1S/C13H13FN4O3S/c1-8(22-13-15-5-6-17(13)2)12(19)16-9-3-4-10(14)11(7-9)18(20)21/h3-8H,1-2H3,(H,16,19). The number of thioether (sulfide) groups is 1. The largest absolute Gasteiger partial charge is 0.329 e. The average molecular weight is 324 g/mol. The molecule has 0 aliphatic heterocycles. The maximum atomic E-state index is 13.2. The fraction of sp³-hybridized carbons (Fsp3) is 0.231. The number of anilines is 1. The van der Waals surface area contributed by atoms with Crippen molar-refractivity contribution in [1.29, 1.82) is 0 Å². The number of amides is 1. The molecule has 0 bridgehead atoms. The van der Waals surface area contributed by atoms with Crippen molar-refractivity contribution in [3.05, 3.63) is 46.5 Å². The van der Waals surface area contributed by atoms with E-state index in [1.807, 2.05) is 7.05 Å². The van der Waals surface area contributed by atoms with Crippen molar-refractivity contribution in [3.63, 3.8) is 0 Å². The fourth-order valence-corrected chi connectivity index (χ4v) is 2.48. The lowest BCUT2D eigenvalue weighted by molar-refractivity contribution is -0.387. The zero-order valence-corrected chi connectivity index (χ0v) is 12.6. The molecular weight excluding hydrogens is 311 g/mol. The van der Waals surface area contributed by atoms with Crippen LogP contribution in [0.1, 0.15) is 6.92 Å². The van der Waals surface area contributed by atoms with E-state index in [9.17, 15) is 19.3 Å². The van der Waals surface area contributed by atoms with E-state index in [-0.39, 0.29) is 11.6 Å². The van der Waals surface area contributed by atoms with Gasteiger partial charge in [-0.05, 0) is 19.1 Å². The van der Waals surface area contributed by atoms with Crippen LogP contribution in [0, 0.1) is 15.9 Å². The van der Waals surface area contributed by atoms with Gasteiger partial charge in [-0.15, -0.1) is 0 Å². The molecule has 0 fully saturated rings. The van der Waals surface area contributed by atoms with Crippen molar-refractivity contribution in [2.45, 2.75) is 17.3 Å². The predicted molar refractivity (Wildman–Crippen MR) is 80.2 cm³/mol. The highest BCUT2D eigenvalue weighted by Crippen LogP contribution is 2.24. The van der Waals surface area contributed by atoms with Gasteiger partial charge in [-0.3, -0.25) is 14.9 Å². The first-order valence-corrected chi connectivity index (χ1v) is 7.15. The number of benzene rings is 1. The summed E-state index contributed by atoms with van der Waals surface area (Å²) in [4.78, 5) is 26.0. The molecule has 1 N–H and O–H groups in total. The lowest BCUT2D eigenvalue weighted by Crippen LogP contribution is -2.22. The second kappa shape index (κ2) is 6.56. The molecule has 0 spiro atoms. The maximum absolute atomic E-state index is 13.2. The summed E-state index contributed by atoms with van der Waals surface area (Å²) >= 11 is 1.25. The van der Waals surface area contributed by atoms with Crippen LogP contribution in [0.4, 0.5) is 15.8 Å². The second-order valence-electron chi connectivity index (χ2n) is 4.49. The molecule has 9 heteroatoms. The van der Waals surface area contributed by atoms with E-state index in [2.05, 4.69) is 10.3 Å². The minimum absolute atomic E-state index is 0.172. The van der Waals surface area contributed by atoms with Crippen LogP contribution < -0.4 is 5.32 Å². The van der Waals surface area contributed by atoms with Gasteiger partial charge in [-0.1, -0.05) is 11.8 Å². The number of nitro groups is 1. The molecule has 1 aromatic heterocycles. The molecule has 0 aliphatic rings. The summed E-state index contributed by atoms with van der Waals surface area (Å²) in [5, 5.41) is 13.4. The molecule has 1 aromatic carbocycles. The Balaban J connectivity index is 2.07. The summed E-state index contributed by atoms with van der Waals surface area (Å²) in [6.45, 7) is 1.69. The van der Waals surface area contributed by atoms with Crippen LogP contribution in [-0.2, 0) is 11.8 Å². The Kier molecular flexibility index (Phi) is 4.76. The lowest BCUT2D eigenvalue weighted by Gasteiger charge is -2.11. The molecule has 2 rings (SSSR count). The highest BCUT2D eigenvalue weighted by molar-refractivity contribution is 8.00. The van der Waals surface area contributed by atoms with Gasteiger partial charge in [0, 0.05) is 31.2 Å². The number of hydrogen-bond acceptors (Lipinski definition) is 5. The van der Waals surface area contributed by atoms with Crippen LogP contribution in [0.3, 0.4) is 0 Å².